The molecule has 0 atom stereocenters. The lowest BCUT2D eigenvalue weighted by Crippen LogP contribution is -2.02. The standard InChI is InChI=1S/C34H30O6/c1-23(35)39-31-19-15-27(16-20-31)25-7-11-29(12-8-25)33(37)5-3-4-6-34(38)30-13-9-26(10-14-30)28-17-21-32(22-18-28)40-24(2)36/h7-22H,3-6H2,1-2H3. The number of hydrogen-bond donors (Lipinski definition) is 0. The first kappa shape index (κ1) is 28.2. The number of Topliss-reactive ketones (excluding diaryl/α,β-unsaturated/α-hetero) is 2. The number of hydrogen-bond acceptors (Lipinski definition) is 6. The van der Waals surface area contributed by atoms with Gasteiger partial charge in [-0.2, -0.15) is 0 Å². The summed E-state index contributed by atoms with van der Waals surface area (Å²) in [5.41, 5.74) is 5.12. The maximum atomic E-state index is 12.6. The summed E-state index contributed by atoms with van der Waals surface area (Å²) in [4.78, 5) is 47.4. The molecule has 4 aromatic rings. The molecule has 0 aromatic heterocycles. The molecule has 0 N–H and O–H groups in total. The van der Waals surface area contributed by atoms with Crippen LogP contribution in [0, 0.1) is 0 Å². The van der Waals surface area contributed by atoms with Gasteiger partial charge in [-0.05, 0) is 59.4 Å². The van der Waals surface area contributed by atoms with Gasteiger partial charge in [0.15, 0.2) is 11.6 Å². The Balaban J connectivity index is 1.23. The van der Waals surface area contributed by atoms with E-state index in [0.29, 0.717) is 48.3 Å². The average Bonchev–Trinajstić information content (AvgIpc) is 2.95. The number of rotatable bonds is 11. The molecule has 0 unspecified atom stereocenters. The molecule has 0 amide bonds. The fourth-order valence-corrected chi connectivity index (χ4v) is 4.32. The minimum atomic E-state index is -0.364. The van der Waals surface area contributed by atoms with Crippen molar-refractivity contribution in [2.75, 3.05) is 0 Å². The number of esters is 2. The third-order valence-corrected chi connectivity index (χ3v) is 6.37. The van der Waals surface area contributed by atoms with Crippen LogP contribution in [0.5, 0.6) is 11.5 Å². The summed E-state index contributed by atoms with van der Waals surface area (Å²) < 4.78 is 10.1. The number of unbranched alkanes of at least 4 members (excludes halogenated alkanes) is 1. The van der Waals surface area contributed by atoms with Crippen molar-refractivity contribution in [2.24, 2.45) is 0 Å². The summed E-state index contributed by atoms with van der Waals surface area (Å²) in [5.74, 6) is 0.348. The molecule has 4 rings (SSSR count). The Kier molecular flexibility index (Phi) is 9.36. The quantitative estimate of drug-likeness (QED) is 0.0857. The molecule has 0 spiro atoms. The number of ether oxygens (including phenoxy) is 2. The zero-order valence-electron chi connectivity index (χ0n) is 22.5. The van der Waals surface area contributed by atoms with E-state index < -0.39 is 0 Å². The van der Waals surface area contributed by atoms with Gasteiger partial charge in [-0.3, -0.25) is 19.2 Å². The lowest BCUT2D eigenvalue weighted by atomic mass is 9.98. The van der Waals surface area contributed by atoms with Crippen molar-refractivity contribution in [3.63, 3.8) is 0 Å². The highest BCUT2D eigenvalue weighted by Crippen LogP contribution is 2.25. The van der Waals surface area contributed by atoms with Crippen molar-refractivity contribution in [1.82, 2.24) is 0 Å². The Bertz CT molecular complexity index is 1370. The molecule has 6 nitrogen and oxygen atoms in total. The van der Waals surface area contributed by atoms with E-state index in [-0.39, 0.29) is 23.5 Å². The van der Waals surface area contributed by atoms with E-state index in [0.717, 1.165) is 22.3 Å². The second-order valence-corrected chi connectivity index (χ2v) is 9.44. The van der Waals surface area contributed by atoms with E-state index in [1.807, 2.05) is 72.8 Å². The van der Waals surface area contributed by atoms with Crippen LogP contribution in [0.1, 0.15) is 60.2 Å². The molecular weight excluding hydrogens is 504 g/mol. The van der Waals surface area contributed by atoms with Gasteiger partial charge in [-0.15, -0.1) is 0 Å². The Morgan fingerprint density at radius 1 is 0.450 bits per heavy atom. The summed E-state index contributed by atoms with van der Waals surface area (Å²) >= 11 is 0. The molecule has 0 aliphatic rings. The lowest BCUT2D eigenvalue weighted by molar-refractivity contribution is -0.132. The van der Waals surface area contributed by atoms with Crippen LogP contribution in [0.4, 0.5) is 0 Å². The molecule has 40 heavy (non-hydrogen) atoms. The predicted molar refractivity (Wildman–Crippen MR) is 154 cm³/mol. The van der Waals surface area contributed by atoms with Crippen LogP contribution in [-0.4, -0.2) is 23.5 Å². The first-order valence-corrected chi connectivity index (χ1v) is 13.1. The number of benzene rings is 4. The molecule has 0 aliphatic heterocycles. The third kappa shape index (κ3) is 7.84. The van der Waals surface area contributed by atoms with Gasteiger partial charge in [-0.25, -0.2) is 0 Å². The first-order chi connectivity index (χ1) is 19.3. The van der Waals surface area contributed by atoms with Crippen LogP contribution in [0.15, 0.2) is 97.1 Å². The van der Waals surface area contributed by atoms with Crippen LogP contribution in [-0.2, 0) is 9.59 Å². The average molecular weight is 535 g/mol. The second kappa shape index (κ2) is 13.3. The maximum Gasteiger partial charge on any atom is 0.308 e. The summed E-state index contributed by atoms with van der Waals surface area (Å²) in [6.07, 6.45) is 2.03. The van der Waals surface area contributed by atoms with Gasteiger partial charge < -0.3 is 9.47 Å². The van der Waals surface area contributed by atoms with Gasteiger partial charge >= 0.3 is 11.9 Å². The van der Waals surface area contributed by atoms with E-state index in [4.69, 9.17) is 9.47 Å². The van der Waals surface area contributed by atoms with Crippen LogP contribution in [0.25, 0.3) is 22.3 Å². The second-order valence-electron chi connectivity index (χ2n) is 9.44. The van der Waals surface area contributed by atoms with Crippen molar-refractivity contribution in [3.05, 3.63) is 108 Å². The molecule has 0 saturated heterocycles. The topological polar surface area (TPSA) is 86.7 Å². The van der Waals surface area contributed by atoms with Crippen LogP contribution >= 0.6 is 0 Å². The highest BCUT2D eigenvalue weighted by Gasteiger charge is 2.10. The summed E-state index contributed by atoms with van der Waals surface area (Å²) in [7, 11) is 0. The first-order valence-electron chi connectivity index (χ1n) is 13.1. The van der Waals surface area contributed by atoms with Crippen molar-refractivity contribution in [1.29, 1.82) is 0 Å². The summed E-state index contributed by atoms with van der Waals surface area (Å²) in [5, 5.41) is 0. The van der Waals surface area contributed by atoms with Gasteiger partial charge in [0, 0.05) is 37.8 Å². The normalized spacial score (nSPS) is 10.6. The van der Waals surface area contributed by atoms with Gasteiger partial charge in [0.25, 0.3) is 0 Å². The molecule has 0 radical (unpaired) electrons. The third-order valence-electron chi connectivity index (χ3n) is 6.37. The van der Waals surface area contributed by atoms with Crippen LogP contribution in [0.2, 0.25) is 0 Å². The Labute approximate surface area is 233 Å². The van der Waals surface area contributed by atoms with Crippen molar-refractivity contribution in [2.45, 2.75) is 39.5 Å². The minimum Gasteiger partial charge on any atom is -0.427 e. The van der Waals surface area contributed by atoms with Crippen molar-refractivity contribution >= 4 is 23.5 Å². The number of ketones is 2. The number of carbonyl (C=O) groups excluding carboxylic acids is 4. The van der Waals surface area contributed by atoms with Gasteiger partial charge in [0.05, 0.1) is 0 Å². The highest BCUT2D eigenvalue weighted by molar-refractivity contribution is 5.97. The summed E-state index contributed by atoms with van der Waals surface area (Å²) in [6.45, 7) is 2.72. The van der Waals surface area contributed by atoms with Gasteiger partial charge in [0.1, 0.15) is 11.5 Å². The lowest BCUT2D eigenvalue weighted by Gasteiger charge is -2.07. The number of carbonyl (C=O) groups is 4. The van der Waals surface area contributed by atoms with Crippen LogP contribution in [0.3, 0.4) is 0 Å². The zero-order valence-corrected chi connectivity index (χ0v) is 22.5. The molecule has 6 heteroatoms. The van der Waals surface area contributed by atoms with E-state index in [1.165, 1.54) is 13.8 Å². The van der Waals surface area contributed by atoms with Gasteiger partial charge in [0.2, 0.25) is 0 Å². The molecule has 202 valence electrons. The smallest absolute Gasteiger partial charge is 0.308 e. The Morgan fingerprint density at radius 3 is 1.00 bits per heavy atom. The maximum absolute atomic E-state index is 12.6. The Hall–Kier alpha value is -4.84. The van der Waals surface area contributed by atoms with E-state index in [1.54, 1.807) is 24.3 Å². The van der Waals surface area contributed by atoms with E-state index >= 15 is 0 Å². The zero-order chi connectivity index (χ0) is 28.5. The van der Waals surface area contributed by atoms with Crippen molar-refractivity contribution < 1.29 is 28.7 Å². The molecule has 4 aromatic carbocycles. The highest BCUT2D eigenvalue weighted by atomic mass is 16.5. The minimum absolute atomic E-state index is 0.0493. The van der Waals surface area contributed by atoms with Crippen LogP contribution < -0.4 is 9.47 Å². The largest absolute Gasteiger partial charge is 0.427 e. The SMILES string of the molecule is CC(=O)Oc1ccc(-c2ccc(C(=O)CCCCC(=O)c3ccc(-c4ccc(OC(C)=O)cc4)cc3)cc2)cc1. The molecule has 0 heterocycles. The van der Waals surface area contributed by atoms with E-state index in [9.17, 15) is 19.2 Å². The molecule has 0 aliphatic carbocycles. The summed E-state index contributed by atoms with van der Waals surface area (Å²) in [6, 6.07) is 29.2. The Morgan fingerprint density at radius 2 is 0.725 bits per heavy atom. The van der Waals surface area contributed by atoms with Gasteiger partial charge in [-0.1, -0.05) is 72.8 Å². The molecule has 0 saturated carbocycles. The molecule has 0 fully saturated rings. The molecule has 0 bridgehead atoms. The fourth-order valence-electron chi connectivity index (χ4n) is 4.32. The predicted octanol–water partition coefficient (Wildman–Crippen LogP) is 7.50. The monoisotopic (exact) mass is 534 g/mol. The molecular formula is C34H30O6. The van der Waals surface area contributed by atoms with Crippen molar-refractivity contribution in [3.8, 4) is 33.8 Å². The fraction of sp³-hybridized carbons (Fsp3) is 0.176. The van der Waals surface area contributed by atoms with E-state index in [2.05, 4.69) is 0 Å².